The largest absolute Gasteiger partial charge is 0.381 e. The number of aliphatic hydroxyl groups is 1. The van der Waals surface area contributed by atoms with E-state index in [9.17, 15) is 22.7 Å². The van der Waals surface area contributed by atoms with Gasteiger partial charge < -0.3 is 5.11 Å². The minimum absolute atomic E-state index is 0.0303. The smallest absolute Gasteiger partial charge is 0.327 e. The molecule has 0 aliphatic carbocycles. The van der Waals surface area contributed by atoms with Crippen LogP contribution in [0.4, 0.5) is 17.6 Å². The maximum atomic E-state index is 13.7. The molecule has 124 valence electrons. The lowest BCUT2D eigenvalue weighted by Crippen LogP contribution is -2.17. The fourth-order valence-electron chi connectivity index (χ4n) is 2.79. The van der Waals surface area contributed by atoms with Crippen molar-refractivity contribution in [2.24, 2.45) is 0 Å². The lowest BCUT2D eigenvalue weighted by Gasteiger charge is -2.17. The van der Waals surface area contributed by atoms with Crippen LogP contribution in [0, 0.1) is 11.3 Å². The molecule has 2 nitrogen and oxygen atoms in total. The van der Waals surface area contributed by atoms with Crippen LogP contribution in [-0.2, 0) is 6.42 Å². The van der Waals surface area contributed by atoms with E-state index in [1.807, 2.05) is 6.07 Å². The van der Waals surface area contributed by atoms with Gasteiger partial charge in [-0.2, -0.15) is 14.0 Å². The number of aliphatic hydroxyl groups excluding tert-OH is 1. The fraction of sp³-hybridized carbons (Fsp3) is 0.235. The zero-order valence-electron chi connectivity index (χ0n) is 12.1. The number of alkyl halides is 4. The molecule has 0 fully saturated rings. The Kier molecular flexibility index (Phi) is 4.28. The van der Waals surface area contributed by atoms with Gasteiger partial charge in [0.05, 0.1) is 11.6 Å². The summed E-state index contributed by atoms with van der Waals surface area (Å²) >= 11 is 0.0944. The van der Waals surface area contributed by atoms with E-state index in [1.165, 1.54) is 12.1 Å². The summed E-state index contributed by atoms with van der Waals surface area (Å²) in [7, 11) is 0. The molecule has 0 bridgehead atoms. The molecular weight excluding hydrogens is 342 g/mol. The summed E-state index contributed by atoms with van der Waals surface area (Å²) in [6.07, 6.45) is -5.18. The van der Waals surface area contributed by atoms with Crippen molar-refractivity contribution in [3.8, 4) is 6.07 Å². The summed E-state index contributed by atoms with van der Waals surface area (Å²) in [5.41, 5.74) is 0.217. The number of nitriles is 1. The van der Waals surface area contributed by atoms with Crippen molar-refractivity contribution in [3.63, 3.8) is 0 Å². The Morgan fingerprint density at radius 1 is 1.25 bits per heavy atom. The molecule has 3 rings (SSSR count). The first-order valence-electron chi connectivity index (χ1n) is 7.01. The number of hydrogen-bond acceptors (Lipinski definition) is 3. The SMILES string of the molecule is N#Cc1cccc(Cc2ccc3c(c2C(F)F)C(O)C(F)(F)S3)c1. The van der Waals surface area contributed by atoms with Gasteiger partial charge in [0.2, 0.25) is 0 Å². The van der Waals surface area contributed by atoms with Crippen molar-refractivity contribution in [2.75, 3.05) is 0 Å². The second kappa shape index (κ2) is 6.11. The van der Waals surface area contributed by atoms with Crippen LogP contribution in [0.2, 0.25) is 0 Å². The maximum Gasteiger partial charge on any atom is 0.327 e. The van der Waals surface area contributed by atoms with E-state index in [1.54, 1.807) is 24.3 Å². The van der Waals surface area contributed by atoms with Gasteiger partial charge in [-0.1, -0.05) is 18.2 Å². The van der Waals surface area contributed by atoms with Crippen LogP contribution in [-0.4, -0.2) is 10.4 Å². The topological polar surface area (TPSA) is 44.0 Å². The second-order valence-electron chi connectivity index (χ2n) is 5.41. The lowest BCUT2D eigenvalue weighted by atomic mass is 9.93. The van der Waals surface area contributed by atoms with Gasteiger partial charge in [-0.05, 0) is 47.5 Å². The van der Waals surface area contributed by atoms with Crippen molar-refractivity contribution in [2.45, 2.75) is 29.1 Å². The Bertz CT molecular complexity index is 832. The number of rotatable bonds is 3. The molecule has 1 atom stereocenters. The van der Waals surface area contributed by atoms with Crippen LogP contribution in [0.1, 0.15) is 40.3 Å². The fourth-order valence-corrected chi connectivity index (χ4v) is 3.78. The summed E-state index contributed by atoms with van der Waals surface area (Å²) in [4.78, 5) is -0.0303. The Labute approximate surface area is 139 Å². The highest BCUT2D eigenvalue weighted by Crippen LogP contribution is 2.56. The van der Waals surface area contributed by atoms with E-state index < -0.39 is 28.9 Å². The Morgan fingerprint density at radius 3 is 2.67 bits per heavy atom. The molecule has 24 heavy (non-hydrogen) atoms. The quantitative estimate of drug-likeness (QED) is 0.805. The van der Waals surface area contributed by atoms with Gasteiger partial charge >= 0.3 is 5.25 Å². The van der Waals surface area contributed by atoms with Gasteiger partial charge in [0.25, 0.3) is 6.43 Å². The molecule has 0 radical (unpaired) electrons. The second-order valence-corrected chi connectivity index (χ2v) is 6.59. The van der Waals surface area contributed by atoms with Crippen LogP contribution < -0.4 is 0 Å². The van der Waals surface area contributed by atoms with Crippen LogP contribution in [0.5, 0.6) is 0 Å². The number of hydrogen-bond donors (Lipinski definition) is 1. The molecule has 0 aromatic heterocycles. The number of thioether (sulfide) groups is 1. The molecule has 2 aromatic rings. The molecule has 0 spiro atoms. The molecule has 2 aromatic carbocycles. The van der Waals surface area contributed by atoms with Crippen molar-refractivity contribution < 1.29 is 22.7 Å². The van der Waals surface area contributed by atoms with Crippen LogP contribution in [0.15, 0.2) is 41.3 Å². The molecule has 1 unspecified atom stereocenters. The van der Waals surface area contributed by atoms with Gasteiger partial charge in [0.1, 0.15) is 0 Å². The normalized spacial score (nSPS) is 18.5. The van der Waals surface area contributed by atoms with Crippen LogP contribution in [0.25, 0.3) is 0 Å². The van der Waals surface area contributed by atoms with E-state index in [4.69, 9.17) is 5.26 Å². The molecule has 1 N–H and O–H groups in total. The van der Waals surface area contributed by atoms with Gasteiger partial charge in [-0.25, -0.2) is 8.78 Å². The summed E-state index contributed by atoms with van der Waals surface area (Å²) in [5.74, 6) is 0. The molecule has 0 amide bonds. The molecule has 0 saturated carbocycles. The van der Waals surface area contributed by atoms with Gasteiger partial charge in [-0.3, -0.25) is 0 Å². The van der Waals surface area contributed by atoms with Gasteiger partial charge in [0, 0.05) is 16.0 Å². The third-order valence-corrected chi connectivity index (χ3v) is 4.92. The van der Waals surface area contributed by atoms with Crippen LogP contribution in [0.3, 0.4) is 0 Å². The molecule has 1 aliphatic rings. The van der Waals surface area contributed by atoms with Crippen molar-refractivity contribution in [1.29, 1.82) is 5.26 Å². The standard InChI is InChI=1S/C17H11F4NOS/c18-16(19)13-11(7-9-2-1-3-10(6-9)8-22)4-5-12-14(13)15(23)17(20,21)24-12/h1-6,15-16,23H,7H2. The van der Waals surface area contributed by atoms with Crippen molar-refractivity contribution in [1.82, 2.24) is 0 Å². The lowest BCUT2D eigenvalue weighted by molar-refractivity contribution is -0.0327. The monoisotopic (exact) mass is 353 g/mol. The highest BCUT2D eigenvalue weighted by Gasteiger charge is 2.50. The molecular formula is C17H11F4NOS. The zero-order valence-corrected chi connectivity index (χ0v) is 13.0. The average molecular weight is 353 g/mol. The van der Waals surface area contributed by atoms with Gasteiger partial charge in [-0.15, -0.1) is 0 Å². The molecule has 0 saturated heterocycles. The van der Waals surface area contributed by atoms with E-state index in [-0.39, 0.29) is 28.6 Å². The Morgan fingerprint density at radius 2 is 2.00 bits per heavy atom. The van der Waals surface area contributed by atoms with Crippen molar-refractivity contribution in [3.05, 3.63) is 64.2 Å². The minimum Gasteiger partial charge on any atom is -0.381 e. The average Bonchev–Trinajstić information content (AvgIpc) is 2.77. The number of nitrogens with zero attached hydrogens (tertiary/aromatic N) is 1. The maximum absolute atomic E-state index is 13.7. The molecule has 1 heterocycles. The van der Waals surface area contributed by atoms with E-state index >= 15 is 0 Å². The van der Waals surface area contributed by atoms with Gasteiger partial charge in [0.15, 0.2) is 6.10 Å². The summed E-state index contributed by atoms with van der Waals surface area (Å²) in [6, 6.07) is 11.1. The highest BCUT2D eigenvalue weighted by molar-refractivity contribution is 8.00. The summed E-state index contributed by atoms with van der Waals surface area (Å²) in [6.45, 7) is 0. The summed E-state index contributed by atoms with van der Waals surface area (Å²) in [5, 5.41) is 15.1. The first-order valence-corrected chi connectivity index (χ1v) is 7.83. The van der Waals surface area contributed by atoms with Crippen molar-refractivity contribution >= 4 is 11.8 Å². The Hall–Kier alpha value is -2.04. The molecule has 1 aliphatic heterocycles. The van der Waals surface area contributed by atoms with E-state index in [0.29, 0.717) is 11.1 Å². The summed E-state index contributed by atoms with van der Waals surface area (Å²) < 4.78 is 54.4. The minimum atomic E-state index is -3.52. The number of halogens is 4. The number of benzene rings is 2. The Balaban J connectivity index is 2.07. The first kappa shape index (κ1) is 16.8. The first-order chi connectivity index (χ1) is 11.3. The third kappa shape index (κ3) is 2.87. The van der Waals surface area contributed by atoms with E-state index in [0.717, 1.165) is 0 Å². The highest BCUT2D eigenvalue weighted by atomic mass is 32.2. The number of fused-ring (bicyclic) bond motifs is 1. The zero-order chi connectivity index (χ0) is 17.5. The predicted molar refractivity (Wildman–Crippen MR) is 81.1 cm³/mol. The van der Waals surface area contributed by atoms with Crippen LogP contribution >= 0.6 is 11.8 Å². The van der Waals surface area contributed by atoms with E-state index in [2.05, 4.69) is 0 Å². The molecule has 7 heteroatoms. The predicted octanol–water partition coefficient (Wildman–Crippen LogP) is 4.82. The third-order valence-electron chi connectivity index (χ3n) is 3.84.